The topological polar surface area (TPSA) is 12.5 Å². The fourth-order valence-electron chi connectivity index (χ4n) is 5.83. The zero-order valence-corrected chi connectivity index (χ0v) is 14.4. The molecule has 3 aliphatic carbocycles. The van der Waals surface area contributed by atoms with Gasteiger partial charge in [-0.15, -0.1) is 0 Å². The fourth-order valence-corrected chi connectivity index (χ4v) is 5.83. The highest BCUT2D eigenvalue weighted by Gasteiger charge is 2.53. The van der Waals surface area contributed by atoms with Crippen LogP contribution in [0.3, 0.4) is 0 Å². The summed E-state index contributed by atoms with van der Waals surface area (Å²) in [7, 11) is 2.35. The van der Waals surface area contributed by atoms with Crippen LogP contribution in [0.5, 0.6) is 5.75 Å². The smallest absolute Gasteiger partial charge is 0.122 e. The third kappa shape index (κ3) is 2.17. The SMILES string of the molecule is CN1CC[C@]23CCCC[C@H]2[C@H]1Cc1c(OCC2CC2)cccc13. The number of ether oxygens (including phenoxy) is 1. The van der Waals surface area contributed by atoms with E-state index in [1.54, 1.807) is 11.1 Å². The molecule has 0 spiro atoms. The second-order valence-corrected chi connectivity index (χ2v) is 8.55. The van der Waals surface area contributed by atoms with Crippen LogP contribution in [0, 0.1) is 11.8 Å². The van der Waals surface area contributed by atoms with E-state index in [1.165, 1.54) is 63.7 Å². The number of hydrogen-bond acceptors (Lipinski definition) is 2. The van der Waals surface area contributed by atoms with Crippen molar-refractivity contribution in [2.24, 2.45) is 11.8 Å². The molecule has 1 aromatic rings. The maximum absolute atomic E-state index is 6.29. The predicted octanol–water partition coefficient (Wildman–Crippen LogP) is 4.16. The lowest BCUT2D eigenvalue weighted by Crippen LogP contribution is -2.59. The number of fused-ring (bicyclic) bond motifs is 1. The van der Waals surface area contributed by atoms with Gasteiger partial charge in [0.15, 0.2) is 0 Å². The molecular formula is C21H29NO. The Morgan fingerprint density at radius 2 is 2.09 bits per heavy atom. The van der Waals surface area contributed by atoms with Crippen LogP contribution in [0.1, 0.15) is 56.1 Å². The lowest BCUT2D eigenvalue weighted by Gasteiger charge is -2.58. The van der Waals surface area contributed by atoms with E-state index < -0.39 is 0 Å². The Morgan fingerprint density at radius 1 is 1.17 bits per heavy atom. The number of nitrogens with zero attached hydrogens (tertiary/aromatic N) is 1. The van der Waals surface area contributed by atoms with E-state index in [0.717, 1.165) is 24.5 Å². The molecule has 2 saturated carbocycles. The molecule has 124 valence electrons. The van der Waals surface area contributed by atoms with Gasteiger partial charge in [-0.1, -0.05) is 25.0 Å². The number of rotatable bonds is 3. The van der Waals surface area contributed by atoms with E-state index >= 15 is 0 Å². The number of piperidine rings is 1. The summed E-state index contributed by atoms with van der Waals surface area (Å²) >= 11 is 0. The summed E-state index contributed by atoms with van der Waals surface area (Å²) < 4.78 is 6.29. The van der Waals surface area contributed by atoms with Gasteiger partial charge in [0.05, 0.1) is 6.61 Å². The molecule has 1 saturated heterocycles. The Kier molecular flexibility index (Phi) is 3.27. The molecule has 1 heterocycles. The van der Waals surface area contributed by atoms with Crippen LogP contribution >= 0.6 is 0 Å². The molecule has 2 heteroatoms. The zero-order valence-electron chi connectivity index (χ0n) is 14.4. The van der Waals surface area contributed by atoms with Crippen LogP contribution in [-0.2, 0) is 11.8 Å². The number of likely N-dealkylation sites (tertiary alicyclic amines) is 1. The Balaban J connectivity index is 1.57. The van der Waals surface area contributed by atoms with Crippen molar-refractivity contribution in [2.75, 3.05) is 20.2 Å². The zero-order chi connectivity index (χ0) is 15.4. The van der Waals surface area contributed by atoms with E-state index in [1.807, 2.05) is 0 Å². The molecule has 0 amide bonds. The van der Waals surface area contributed by atoms with Crippen LogP contribution in [0.25, 0.3) is 0 Å². The van der Waals surface area contributed by atoms with Crippen molar-refractivity contribution in [3.63, 3.8) is 0 Å². The highest BCUT2D eigenvalue weighted by molar-refractivity contribution is 5.49. The molecule has 3 fully saturated rings. The molecule has 0 unspecified atom stereocenters. The van der Waals surface area contributed by atoms with Crippen molar-refractivity contribution in [3.05, 3.63) is 29.3 Å². The molecule has 1 aromatic carbocycles. The Labute approximate surface area is 140 Å². The molecule has 2 bridgehead atoms. The molecule has 2 nitrogen and oxygen atoms in total. The third-order valence-corrected chi connectivity index (χ3v) is 7.29. The first-order valence-corrected chi connectivity index (χ1v) is 9.73. The Bertz CT molecular complexity index is 608. The van der Waals surface area contributed by atoms with Crippen molar-refractivity contribution in [1.82, 2.24) is 4.90 Å². The monoisotopic (exact) mass is 311 g/mol. The summed E-state index contributed by atoms with van der Waals surface area (Å²) in [6.45, 7) is 2.21. The minimum atomic E-state index is 0.460. The largest absolute Gasteiger partial charge is 0.493 e. The summed E-state index contributed by atoms with van der Waals surface area (Å²) in [6, 6.07) is 7.68. The van der Waals surface area contributed by atoms with Gasteiger partial charge in [-0.25, -0.2) is 0 Å². The molecule has 23 heavy (non-hydrogen) atoms. The first kappa shape index (κ1) is 14.3. The van der Waals surface area contributed by atoms with Crippen LogP contribution in [0.4, 0.5) is 0 Å². The molecule has 3 atom stereocenters. The lowest BCUT2D eigenvalue weighted by atomic mass is 9.52. The van der Waals surface area contributed by atoms with Crippen molar-refractivity contribution >= 4 is 0 Å². The average Bonchev–Trinajstić information content (AvgIpc) is 3.41. The van der Waals surface area contributed by atoms with Gasteiger partial charge in [0.25, 0.3) is 0 Å². The van der Waals surface area contributed by atoms with Gasteiger partial charge in [0.2, 0.25) is 0 Å². The van der Waals surface area contributed by atoms with Crippen molar-refractivity contribution in [1.29, 1.82) is 0 Å². The Morgan fingerprint density at radius 3 is 2.96 bits per heavy atom. The average molecular weight is 311 g/mol. The first-order valence-electron chi connectivity index (χ1n) is 9.73. The third-order valence-electron chi connectivity index (χ3n) is 7.29. The van der Waals surface area contributed by atoms with E-state index in [0.29, 0.717) is 5.41 Å². The van der Waals surface area contributed by atoms with Gasteiger partial charge in [0.1, 0.15) is 5.75 Å². The van der Waals surface area contributed by atoms with E-state index in [9.17, 15) is 0 Å². The second kappa shape index (κ2) is 5.24. The maximum Gasteiger partial charge on any atom is 0.122 e. The quantitative estimate of drug-likeness (QED) is 0.831. The van der Waals surface area contributed by atoms with E-state index in [2.05, 4.69) is 30.1 Å². The van der Waals surface area contributed by atoms with Gasteiger partial charge < -0.3 is 9.64 Å². The maximum atomic E-state index is 6.29. The molecule has 0 N–H and O–H groups in total. The fraction of sp³-hybridized carbons (Fsp3) is 0.714. The number of hydrogen-bond donors (Lipinski definition) is 0. The van der Waals surface area contributed by atoms with Gasteiger partial charge in [-0.3, -0.25) is 0 Å². The highest BCUT2D eigenvalue weighted by Crippen LogP contribution is 2.56. The van der Waals surface area contributed by atoms with E-state index in [4.69, 9.17) is 4.74 Å². The van der Waals surface area contributed by atoms with Crippen molar-refractivity contribution in [2.45, 2.75) is 62.8 Å². The highest BCUT2D eigenvalue weighted by atomic mass is 16.5. The summed E-state index contributed by atoms with van der Waals surface area (Å²) in [5, 5.41) is 0. The van der Waals surface area contributed by atoms with Crippen LogP contribution in [0.2, 0.25) is 0 Å². The van der Waals surface area contributed by atoms with Gasteiger partial charge in [-0.2, -0.15) is 0 Å². The summed E-state index contributed by atoms with van der Waals surface area (Å²) in [5.74, 6) is 2.91. The van der Waals surface area contributed by atoms with E-state index in [-0.39, 0.29) is 0 Å². The predicted molar refractivity (Wildman–Crippen MR) is 93.0 cm³/mol. The summed E-state index contributed by atoms with van der Waals surface area (Å²) in [4.78, 5) is 2.65. The lowest BCUT2D eigenvalue weighted by molar-refractivity contribution is 0.00210. The first-order chi connectivity index (χ1) is 11.3. The van der Waals surface area contributed by atoms with Crippen molar-refractivity contribution < 1.29 is 4.74 Å². The van der Waals surface area contributed by atoms with Crippen LogP contribution < -0.4 is 4.74 Å². The van der Waals surface area contributed by atoms with Gasteiger partial charge in [0, 0.05) is 11.5 Å². The number of likely N-dealkylation sites (N-methyl/N-ethyl adjacent to an activating group) is 1. The minimum Gasteiger partial charge on any atom is -0.493 e. The van der Waals surface area contributed by atoms with Crippen molar-refractivity contribution in [3.8, 4) is 5.75 Å². The molecule has 1 aliphatic heterocycles. The number of benzene rings is 1. The Hall–Kier alpha value is -1.02. The van der Waals surface area contributed by atoms with Gasteiger partial charge in [-0.05, 0) is 81.1 Å². The molecule has 0 radical (unpaired) electrons. The summed E-state index contributed by atoms with van der Waals surface area (Å²) in [6.07, 6.45) is 11.0. The second-order valence-electron chi connectivity index (χ2n) is 8.55. The normalized spacial score (nSPS) is 36.2. The van der Waals surface area contributed by atoms with Crippen LogP contribution in [0.15, 0.2) is 18.2 Å². The van der Waals surface area contributed by atoms with Gasteiger partial charge >= 0.3 is 0 Å². The molecule has 5 rings (SSSR count). The molecular weight excluding hydrogens is 282 g/mol. The minimum absolute atomic E-state index is 0.460. The van der Waals surface area contributed by atoms with Crippen LogP contribution in [-0.4, -0.2) is 31.1 Å². The molecule has 4 aliphatic rings. The summed E-state index contributed by atoms with van der Waals surface area (Å²) in [5.41, 5.74) is 3.68. The molecule has 0 aromatic heterocycles. The standard InChI is InChI=1S/C21H29NO/c1-22-12-11-21-10-3-2-5-18(21)19(22)13-16-17(21)6-4-7-20(16)23-14-15-8-9-15/h4,6-7,15,18-19H,2-3,5,8-14H2,1H3/t18-,19+,21-/m0/s1.